The van der Waals surface area contributed by atoms with Crippen molar-refractivity contribution in [2.45, 2.75) is 65.4 Å². The van der Waals surface area contributed by atoms with Crippen molar-refractivity contribution >= 4 is 11.7 Å². The van der Waals surface area contributed by atoms with Crippen molar-refractivity contribution in [1.29, 1.82) is 0 Å². The average molecular weight is 277 g/mol. The van der Waals surface area contributed by atoms with E-state index in [4.69, 9.17) is 10.5 Å². The minimum atomic E-state index is -0.432. The summed E-state index contributed by atoms with van der Waals surface area (Å²) >= 11 is 0. The van der Waals surface area contributed by atoms with Crippen LogP contribution in [0, 0.1) is 0 Å². The minimum absolute atomic E-state index is 0.0812. The predicted octanol–water partition coefficient (Wildman–Crippen LogP) is 3.84. The monoisotopic (exact) mass is 277 g/mol. The van der Waals surface area contributed by atoms with Crippen LogP contribution in [0.1, 0.15) is 59.1 Å². The number of rotatable bonds is 3. The highest BCUT2D eigenvalue weighted by Gasteiger charge is 2.17. The van der Waals surface area contributed by atoms with Crippen LogP contribution in [0.15, 0.2) is 18.2 Å². The standard InChI is InChI=1S/C17H27NO2/c1-16(2,3)13-9-7-12(14(18)11-13)8-10-15(19)20-17(4,5)6/h7,9,11H,8,10,18H2,1-6H3. The molecule has 0 heterocycles. The molecule has 1 aromatic carbocycles. The van der Waals surface area contributed by atoms with E-state index in [-0.39, 0.29) is 11.4 Å². The quantitative estimate of drug-likeness (QED) is 0.674. The van der Waals surface area contributed by atoms with Crippen LogP contribution in [-0.2, 0) is 21.4 Å². The first-order valence-electron chi connectivity index (χ1n) is 7.10. The Labute approximate surface area is 122 Å². The Hall–Kier alpha value is -1.51. The fourth-order valence-electron chi connectivity index (χ4n) is 1.92. The minimum Gasteiger partial charge on any atom is -0.460 e. The number of esters is 1. The Bertz CT molecular complexity index is 479. The maximum Gasteiger partial charge on any atom is 0.306 e. The molecule has 3 heteroatoms. The van der Waals surface area contributed by atoms with E-state index >= 15 is 0 Å². The van der Waals surface area contributed by atoms with Crippen LogP contribution in [0.5, 0.6) is 0 Å². The molecule has 112 valence electrons. The van der Waals surface area contributed by atoms with Gasteiger partial charge in [-0.05, 0) is 49.8 Å². The zero-order chi connectivity index (χ0) is 15.6. The van der Waals surface area contributed by atoms with Gasteiger partial charge in [0.05, 0.1) is 0 Å². The molecule has 2 N–H and O–H groups in total. The Morgan fingerprint density at radius 2 is 1.75 bits per heavy atom. The predicted molar refractivity (Wildman–Crippen MR) is 83.7 cm³/mol. The number of aryl methyl sites for hydroxylation is 1. The number of carbonyl (C=O) groups is 1. The Morgan fingerprint density at radius 3 is 2.20 bits per heavy atom. The molecule has 0 saturated heterocycles. The highest BCUT2D eigenvalue weighted by molar-refractivity contribution is 5.70. The zero-order valence-electron chi connectivity index (χ0n) is 13.5. The molecule has 0 unspecified atom stereocenters. The van der Waals surface area contributed by atoms with Crippen LogP contribution in [0.25, 0.3) is 0 Å². The van der Waals surface area contributed by atoms with Gasteiger partial charge >= 0.3 is 5.97 Å². The second kappa shape index (κ2) is 5.86. The summed E-state index contributed by atoms with van der Waals surface area (Å²) < 4.78 is 5.30. The van der Waals surface area contributed by atoms with Crippen molar-refractivity contribution in [3.63, 3.8) is 0 Å². The second-order valence-electron chi connectivity index (χ2n) is 7.25. The van der Waals surface area contributed by atoms with E-state index < -0.39 is 5.60 Å². The van der Waals surface area contributed by atoms with Crippen molar-refractivity contribution in [1.82, 2.24) is 0 Å². The molecule has 0 aromatic heterocycles. The topological polar surface area (TPSA) is 52.3 Å². The number of carbonyl (C=O) groups excluding carboxylic acids is 1. The summed E-state index contributed by atoms with van der Waals surface area (Å²) in [5.74, 6) is -0.184. The molecule has 0 saturated carbocycles. The van der Waals surface area contributed by atoms with E-state index in [0.29, 0.717) is 12.8 Å². The van der Waals surface area contributed by atoms with Gasteiger partial charge in [0.1, 0.15) is 5.60 Å². The van der Waals surface area contributed by atoms with E-state index in [1.807, 2.05) is 32.9 Å². The van der Waals surface area contributed by atoms with E-state index in [9.17, 15) is 4.79 Å². The fourth-order valence-corrected chi connectivity index (χ4v) is 1.92. The number of nitrogens with two attached hydrogens (primary N) is 1. The SMILES string of the molecule is CC(C)(C)OC(=O)CCc1ccc(C(C)(C)C)cc1N. The van der Waals surface area contributed by atoms with Gasteiger partial charge in [-0.15, -0.1) is 0 Å². The molecule has 20 heavy (non-hydrogen) atoms. The first-order chi connectivity index (χ1) is 8.99. The first-order valence-corrected chi connectivity index (χ1v) is 7.10. The number of anilines is 1. The summed E-state index contributed by atoms with van der Waals surface area (Å²) in [6, 6.07) is 6.10. The Kier molecular flexibility index (Phi) is 4.85. The number of nitrogen functional groups attached to an aromatic ring is 1. The van der Waals surface area contributed by atoms with Crippen LogP contribution in [0.3, 0.4) is 0 Å². The lowest BCUT2D eigenvalue weighted by atomic mass is 9.86. The van der Waals surface area contributed by atoms with Gasteiger partial charge in [-0.2, -0.15) is 0 Å². The molecule has 0 aliphatic heterocycles. The highest BCUT2D eigenvalue weighted by Crippen LogP contribution is 2.26. The average Bonchev–Trinajstić information content (AvgIpc) is 2.23. The van der Waals surface area contributed by atoms with Gasteiger partial charge in [-0.1, -0.05) is 32.9 Å². The summed E-state index contributed by atoms with van der Waals surface area (Å²) in [5, 5.41) is 0. The lowest BCUT2D eigenvalue weighted by Gasteiger charge is -2.21. The zero-order valence-corrected chi connectivity index (χ0v) is 13.5. The smallest absolute Gasteiger partial charge is 0.306 e. The number of benzene rings is 1. The maximum atomic E-state index is 11.7. The van der Waals surface area contributed by atoms with Crippen LogP contribution >= 0.6 is 0 Å². The van der Waals surface area contributed by atoms with Gasteiger partial charge in [0.2, 0.25) is 0 Å². The molecule has 1 aromatic rings. The van der Waals surface area contributed by atoms with Crippen LogP contribution in [0.2, 0.25) is 0 Å². The fraction of sp³-hybridized carbons (Fsp3) is 0.588. The summed E-state index contributed by atoms with van der Waals surface area (Å²) in [7, 11) is 0. The molecule has 0 atom stereocenters. The lowest BCUT2D eigenvalue weighted by Crippen LogP contribution is -2.24. The van der Waals surface area contributed by atoms with Gasteiger partial charge in [-0.25, -0.2) is 0 Å². The highest BCUT2D eigenvalue weighted by atomic mass is 16.6. The normalized spacial score (nSPS) is 12.3. The third kappa shape index (κ3) is 5.24. The van der Waals surface area contributed by atoms with Gasteiger partial charge in [0, 0.05) is 12.1 Å². The summed E-state index contributed by atoms with van der Waals surface area (Å²) in [6.07, 6.45) is 0.974. The molecule has 1 rings (SSSR count). The molecule has 0 amide bonds. The summed E-state index contributed by atoms with van der Waals surface area (Å²) in [6.45, 7) is 12.1. The van der Waals surface area contributed by atoms with Gasteiger partial charge in [0.25, 0.3) is 0 Å². The lowest BCUT2D eigenvalue weighted by molar-refractivity contribution is -0.154. The third-order valence-electron chi connectivity index (χ3n) is 3.03. The molecule has 3 nitrogen and oxygen atoms in total. The molecule has 0 aliphatic carbocycles. The van der Waals surface area contributed by atoms with Crippen molar-refractivity contribution in [2.75, 3.05) is 5.73 Å². The molecule has 0 fully saturated rings. The van der Waals surface area contributed by atoms with Gasteiger partial charge < -0.3 is 10.5 Å². The summed E-state index contributed by atoms with van der Waals surface area (Å²) in [4.78, 5) is 11.7. The van der Waals surface area contributed by atoms with Crippen molar-refractivity contribution in [2.24, 2.45) is 0 Å². The summed E-state index contributed by atoms with van der Waals surface area (Å²) in [5.41, 5.74) is 8.69. The second-order valence-corrected chi connectivity index (χ2v) is 7.25. The number of hydrogen-bond acceptors (Lipinski definition) is 3. The molecular weight excluding hydrogens is 250 g/mol. The van der Waals surface area contributed by atoms with Crippen molar-refractivity contribution < 1.29 is 9.53 Å². The first kappa shape index (κ1) is 16.5. The molecule has 0 radical (unpaired) electrons. The van der Waals surface area contributed by atoms with Crippen LogP contribution < -0.4 is 5.73 Å². The number of hydrogen-bond donors (Lipinski definition) is 1. The van der Waals surface area contributed by atoms with Crippen LogP contribution in [0.4, 0.5) is 5.69 Å². The van der Waals surface area contributed by atoms with Gasteiger partial charge in [0.15, 0.2) is 0 Å². The maximum absolute atomic E-state index is 11.7. The van der Waals surface area contributed by atoms with E-state index in [1.165, 1.54) is 5.56 Å². The van der Waals surface area contributed by atoms with E-state index in [0.717, 1.165) is 11.3 Å². The molecule has 0 spiro atoms. The van der Waals surface area contributed by atoms with E-state index in [1.54, 1.807) is 0 Å². The third-order valence-corrected chi connectivity index (χ3v) is 3.03. The molecular formula is C17H27NO2. The Morgan fingerprint density at radius 1 is 1.15 bits per heavy atom. The van der Waals surface area contributed by atoms with Gasteiger partial charge in [-0.3, -0.25) is 4.79 Å². The molecule has 0 aliphatic rings. The van der Waals surface area contributed by atoms with Crippen molar-refractivity contribution in [3.05, 3.63) is 29.3 Å². The largest absolute Gasteiger partial charge is 0.460 e. The van der Waals surface area contributed by atoms with Crippen LogP contribution in [-0.4, -0.2) is 11.6 Å². The van der Waals surface area contributed by atoms with E-state index in [2.05, 4.69) is 26.8 Å². The molecule has 0 bridgehead atoms. The van der Waals surface area contributed by atoms with Crippen molar-refractivity contribution in [3.8, 4) is 0 Å². The Balaban J connectivity index is 2.68. The number of ether oxygens (including phenoxy) is 1.